The normalized spacial score (nSPS) is 18.9. The predicted octanol–water partition coefficient (Wildman–Crippen LogP) is 1.67. The van der Waals surface area contributed by atoms with Crippen molar-refractivity contribution in [2.45, 2.75) is 20.0 Å². The van der Waals surface area contributed by atoms with Crippen LogP contribution in [0.5, 0.6) is 5.75 Å². The first-order valence-corrected chi connectivity index (χ1v) is 5.30. The van der Waals surface area contributed by atoms with E-state index in [2.05, 4.69) is 0 Å². The van der Waals surface area contributed by atoms with Gasteiger partial charge in [-0.1, -0.05) is 6.07 Å². The zero-order chi connectivity index (χ0) is 11.7. The van der Waals surface area contributed by atoms with Crippen molar-refractivity contribution in [3.63, 3.8) is 0 Å². The Labute approximate surface area is 94.4 Å². The fourth-order valence-electron chi connectivity index (χ4n) is 1.95. The van der Waals surface area contributed by atoms with Gasteiger partial charge in [0.1, 0.15) is 18.4 Å². The molecule has 0 amide bonds. The van der Waals surface area contributed by atoms with Gasteiger partial charge in [-0.3, -0.25) is 4.79 Å². The Morgan fingerprint density at radius 3 is 3.06 bits per heavy atom. The predicted molar refractivity (Wildman–Crippen MR) is 61.1 cm³/mol. The smallest absolute Gasteiger partial charge is 0.323 e. The quantitative estimate of drug-likeness (QED) is 0.825. The molecule has 1 aliphatic heterocycles. The fourth-order valence-corrected chi connectivity index (χ4v) is 1.95. The van der Waals surface area contributed by atoms with E-state index in [1.165, 1.54) is 0 Å². The largest absolute Gasteiger partial charge is 0.487 e. The van der Waals surface area contributed by atoms with Gasteiger partial charge in [0.15, 0.2) is 0 Å². The van der Waals surface area contributed by atoms with Gasteiger partial charge in [-0.15, -0.1) is 0 Å². The number of carboxylic acid groups (broad SMARTS) is 1. The van der Waals surface area contributed by atoms with Gasteiger partial charge in [-0.2, -0.15) is 0 Å². The Bertz CT molecular complexity index is 417. The molecule has 4 heteroatoms. The molecule has 0 bridgehead atoms. The minimum absolute atomic E-state index is 0.0180. The van der Waals surface area contributed by atoms with Crippen LogP contribution >= 0.6 is 0 Å². The van der Waals surface area contributed by atoms with Crippen LogP contribution in [0.15, 0.2) is 18.2 Å². The zero-order valence-electron chi connectivity index (χ0n) is 9.43. The van der Waals surface area contributed by atoms with Crippen molar-refractivity contribution in [2.75, 3.05) is 18.0 Å². The molecule has 1 aromatic rings. The molecule has 0 radical (unpaired) electrons. The monoisotopic (exact) mass is 221 g/mol. The van der Waals surface area contributed by atoms with Crippen molar-refractivity contribution in [1.29, 1.82) is 0 Å². The maximum atomic E-state index is 10.8. The molecule has 2 rings (SSSR count). The van der Waals surface area contributed by atoms with Gasteiger partial charge in [0, 0.05) is 0 Å². The van der Waals surface area contributed by atoms with E-state index < -0.39 is 5.97 Å². The molecule has 0 spiro atoms. The number of fused-ring (bicyclic) bond motifs is 1. The second-order valence-electron chi connectivity index (χ2n) is 4.17. The Morgan fingerprint density at radius 2 is 2.38 bits per heavy atom. The summed E-state index contributed by atoms with van der Waals surface area (Å²) in [5.74, 6) is -0.0489. The number of anilines is 1. The summed E-state index contributed by atoms with van der Waals surface area (Å²) in [6.45, 7) is 4.56. The minimum atomic E-state index is -0.818. The lowest BCUT2D eigenvalue weighted by Gasteiger charge is -2.34. The van der Waals surface area contributed by atoms with Crippen LogP contribution in [0.4, 0.5) is 5.69 Å². The summed E-state index contributed by atoms with van der Waals surface area (Å²) < 4.78 is 5.66. The highest BCUT2D eigenvalue weighted by Crippen LogP contribution is 2.33. The molecule has 1 unspecified atom stereocenters. The summed E-state index contributed by atoms with van der Waals surface area (Å²) >= 11 is 0. The third-order valence-corrected chi connectivity index (χ3v) is 2.59. The van der Waals surface area contributed by atoms with Crippen molar-refractivity contribution < 1.29 is 14.6 Å². The molecule has 1 aromatic carbocycles. The average molecular weight is 221 g/mol. The minimum Gasteiger partial charge on any atom is -0.487 e. The molecule has 1 aliphatic rings. The highest BCUT2D eigenvalue weighted by atomic mass is 16.5. The molecular weight excluding hydrogens is 206 g/mol. The molecule has 0 saturated heterocycles. The molecule has 0 aliphatic carbocycles. The number of aliphatic carboxylic acids is 1. The van der Waals surface area contributed by atoms with Gasteiger partial charge in [-0.25, -0.2) is 0 Å². The van der Waals surface area contributed by atoms with Gasteiger partial charge < -0.3 is 14.7 Å². The van der Waals surface area contributed by atoms with Gasteiger partial charge >= 0.3 is 5.97 Å². The first-order valence-electron chi connectivity index (χ1n) is 5.30. The lowest BCUT2D eigenvalue weighted by Crippen LogP contribution is -2.41. The van der Waals surface area contributed by atoms with Crippen molar-refractivity contribution in [3.05, 3.63) is 23.8 Å². The Kier molecular flexibility index (Phi) is 2.73. The standard InChI is InChI=1S/C12H15NO3/c1-8-3-4-11-10(5-8)13(7-12(14)15)6-9(2)16-11/h3-5,9H,6-7H2,1-2H3,(H,14,15). The Hall–Kier alpha value is -1.71. The highest BCUT2D eigenvalue weighted by molar-refractivity contribution is 5.75. The van der Waals surface area contributed by atoms with Crippen molar-refractivity contribution in [3.8, 4) is 5.75 Å². The van der Waals surface area contributed by atoms with Crippen molar-refractivity contribution in [2.24, 2.45) is 0 Å². The Balaban J connectivity index is 2.35. The van der Waals surface area contributed by atoms with E-state index in [1.807, 2.05) is 36.9 Å². The first kappa shape index (κ1) is 10.8. The van der Waals surface area contributed by atoms with E-state index in [4.69, 9.17) is 9.84 Å². The van der Waals surface area contributed by atoms with Crippen LogP contribution in [0.25, 0.3) is 0 Å². The number of hydrogen-bond acceptors (Lipinski definition) is 3. The maximum Gasteiger partial charge on any atom is 0.323 e. The first-order chi connectivity index (χ1) is 7.56. The zero-order valence-corrected chi connectivity index (χ0v) is 9.43. The van der Waals surface area contributed by atoms with Crippen LogP contribution < -0.4 is 9.64 Å². The number of benzene rings is 1. The van der Waals surface area contributed by atoms with Crippen LogP contribution in [0, 0.1) is 6.92 Å². The molecule has 1 N–H and O–H groups in total. The summed E-state index contributed by atoms with van der Waals surface area (Å²) in [5.41, 5.74) is 1.98. The van der Waals surface area contributed by atoms with Gasteiger partial charge in [0.25, 0.3) is 0 Å². The number of rotatable bonds is 2. The van der Waals surface area contributed by atoms with E-state index in [9.17, 15) is 4.79 Å². The summed E-state index contributed by atoms with van der Waals surface area (Å²) in [4.78, 5) is 12.6. The van der Waals surface area contributed by atoms with Crippen LogP contribution in [-0.4, -0.2) is 30.3 Å². The molecule has 1 heterocycles. The summed E-state index contributed by atoms with van der Waals surface area (Å²) in [6.07, 6.45) is 0.0227. The van der Waals surface area contributed by atoms with Gasteiger partial charge in [0.2, 0.25) is 0 Å². The maximum absolute atomic E-state index is 10.8. The second kappa shape index (κ2) is 4.04. The van der Waals surface area contributed by atoms with E-state index in [-0.39, 0.29) is 12.6 Å². The fraction of sp³-hybridized carbons (Fsp3) is 0.417. The topological polar surface area (TPSA) is 49.8 Å². The third-order valence-electron chi connectivity index (χ3n) is 2.59. The van der Waals surface area contributed by atoms with Crippen LogP contribution in [0.2, 0.25) is 0 Å². The number of nitrogens with zero attached hydrogens (tertiary/aromatic N) is 1. The van der Waals surface area contributed by atoms with E-state index in [1.54, 1.807) is 0 Å². The van der Waals surface area contributed by atoms with E-state index >= 15 is 0 Å². The third kappa shape index (κ3) is 2.10. The number of carbonyl (C=O) groups is 1. The Morgan fingerprint density at radius 1 is 1.62 bits per heavy atom. The van der Waals surface area contributed by atoms with Gasteiger partial charge in [-0.05, 0) is 31.5 Å². The molecule has 16 heavy (non-hydrogen) atoms. The average Bonchev–Trinajstić information content (AvgIpc) is 2.18. The lowest BCUT2D eigenvalue weighted by molar-refractivity contribution is -0.135. The van der Waals surface area contributed by atoms with Crippen molar-refractivity contribution >= 4 is 11.7 Å². The lowest BCUT2D eigenvalue weighted by atomic mass is 10.1. The molecule has 0 fully saturated rings. The number of aryl methyl sites for hydroxylation is 1. The van der Waals surface area contributed by atoms with E-state index in [0.29, 0.717) is 6.54 Å². The molecule has 4 nitrogen and oxygen atoms in total. The van der Waals surface area contributed by atoms with Gasteiger partial charge in [0.05, 0.1) is 12.2 Å². The SMILES string of the molecule is Cc1ccc2c(c1)N(CC(=O)O)CC(C)O2. The summed E-state index contributed by atoms with van der Waals surface area (Å²) in [7, 11) is 0. The van der Waals surface area contributed by atoms with Crippen molar-refractivity contribution in [1.82, 2.24) is 0 Å². The van der Waals surface area contributed by atoms with Crippen LogP contribution in [0.1, 0.15) is 12.5 Å². The highest BCUT2D eigenvalue weighted by Gasteiger charge is 2.24. The van der Waals surface area contributed by atoms with Crippen LogP contribution in [0.3, 0.4) is 0 Å². The number of hydrogen-bond donors (Lipinski definition) is 1. The summed E-state index contributed by atoms with van der Waals surface area (Å²) in [5, 5.41) is 8.86. The number of carboxylic acids is 1. The van der Waals surface area contributed by atoms with Crippen LogP contribution in [-0.2, 0) is 4.79 Å². The molecule has 86 valence electrons. The molecule has 0 saturated carbocycles. The summed E-state index contributed by atoms with van der Waals surface area (Å²) in [6, 6.07) is 5.83. The molecule has 0 aromatic heterocycles. The molecular formula is C12H15NO3. The number of ether oxygens (including phenoxy) is 1. The molecule has 1 atom stereocenters. The second-order valence-corrected chi connectivity index (χ2v) is 4.17. The van der Waals surface area contributed by atoms with E-state index in [0.717, 1.165) is 17.0 Å².